The number of aliphatic hydroxyl groups is 1. The van der Waals surface area contributed by atoms with Crippen LogP contribution in [-0.2, 0) is 23.7 Å². The van der Waals surface area contributed by atoms with Crippen LogP contribution in [-0.4, -0.2) is 63.4 Å². The van der Waals surface area contributed by atoms with Crippen LogP contribution in [0.4, 0.5) is 36.3 Å². The first-order chi connectivity index (χ1) is 21.3. The Labute approximate surface area is 259 Å². The predicted octanol–water partition coefficient (Wildman–Crippen LogP) is 6.43. The Morgan fingerprint density at radius 1 is 1.11 bits per heavy atom. The number of ether oxygens (including phenoxy) is 1. The maximum atomic E-state index is 14.0. The van der Waals surface area contributed by atoms with E-state index in [1.54, 1.807) is 37.1 Å². The van der Waals surface area contributed by atoms with Gasteiger partial charge in [0, 0.05) is 32.1 Å². The van der Waals surface area contributed by atoms with Crippen LogP contribution in [0, 0.1) is 0 Å². The standard InChI is InChI=1S/C31H37F3N5O5P/c1-4-45(42,43)14-13-18-5-11-24(26(15-18)44-3)36-28-23(31(32,33)34)16-35-30(38-28)37-25-12-10-21(19-6-8-20(40)9-7-19)22-17-39(2)29(41)27(22)25/h5,10-12,15-16,19-20,40H,4,6-9,13-14,17H2,1-3H3,(H,42,43)(H2,35,36,37,38). The van der Waals surface area contributed by atoms with Crippen LogP contribution in [0.5, 0.6) is 5.75 Å². The summed E-state index contributed by atoms with van der Waals surface area (Å²) in [6.07, 6.45) is -0.893. The maximum Gasteiger partial charge on any atom is 0.421 e. The van der Waals surface area contributed by atoms with E-state index in [-0.39, 0.29) is 47.6 Å². The van der Waals surface area contributed by atoms with Gasteiger partial charge in [0.2, 0.25) is 13.3 Å². The molecule has 0 bridgehead atoms. The molecule has 5 rings (SSSR count). The number of anilines is 4. The third kappa shape index (κ3) is 7.26. The van der Waals surface area contributed by atoms with Crippen molar-refractivity contribution in [3.8, 4) is 5.75 Å². The molecule has 0 radical (unpaired) electrons. The fourth-order valence-corrected chi connectivity index (χ4v) is 6.82. The molecule has 45 heavy (non-hydrogen) atoms. The van der Waals surface area contributed by atoms with Crippen LogP contribution >= 0.6 is 7.37 Å². The molecule has 3 aromatic rings. The van der Waals surface area contributed by atoms with E-state index in [1.165, 1.54) is 13.2 Å². The summed E-state index contributed by atoms with van der Waals surface area (Å²) in [7, 11) is -0.182. The third-order valence-corrected chi connectivity index (χ3v) is 10.5. The number of alkyl halides is 3. The average molecular weight is 648 g/mol. The van der Waals surface area contributed by atoms with Crippen molar-refractivity contribution in [2.24, 2.45) is 0 Å². The Hall–Kier alpha value is -3.67. The van der Waals surface area contributed by atoms with Gasteiger partial charge in [-0.15, -0.1) is 0 Å². The van der Waals surface area contributed by atoms with E-state index >= 15 is 0 Å². The lowest BCUT2D eigenvalue weighted by Gasteiger charge is -2.27. The first kappa shape index (κ1) is 32.7. The number of aromatic nitrogens is 2. The van der Waals surface area contributed by atoms with Crippen molar-refractivity contribution in [2.75, 3.05) is 37.1 Å². The Morgan fingerprint density at radius 2 is 1.82 bits per heavy atom. The summed E-state index contributed by atoms with van der Waals surface area (Å²) in [5.41, 5.74) is 2.53. The smallest absolute Gasteiger partial charge is 0.421 e. The fourth-order valence-electron chi connectivity index (χ4n) is 5.90. The van der Waals surface area contributed by atoms with Crippen LogP contribution in [0.25, 0.3) is 0 Å². The minimum atomic E-state index is -4.77. The number of carbonyl (C=O) groups excluding carboxylic acids is 1. The lowest BCUT2D eigenvalue weighted by Crippen LogP contribution is -2.18. The number of hydrogen-bond donors (Lipinski definition) is 4. The molecule has 1 aliphatic carbocycles. The van der Waals surface area contributed by atoms with Crippen LogP contribution < -0.4 is 15.4 Å². The number of benzene rings is 2. The van der Waals surface area contributed by atoms with Gasteiger partial charge in [0.1, 0.15) is 17.1 Å². The molecule has 2 heterocycles. The van der Waals surface area contributed by atoms with E-state index in [0.29, 0.717) is 48.8 Å². The SMILES string of the molecule is CCP(=O)(O)CCc1ccc(Nc2nc(Nc3ccc(C4CCC(O)CC4)c4c3C(=O)N(C)C4)ncc2C(F)(F)F)c(OC)c1. The minimum absolute atomic E-state index is 0.0748. The zero-order valence-electron chi connectivity index (χ0n) is 25.3. The zero-order chi connectivity index (χ0) is 32.5. The second-order valence-electron chi connectivity index (χ2n) is 11.6. The molecule has 1 aromatic heterocycles. The third-order valence-electron chi connectivity index (χ3n) is 8.55. The number of fused-ring (bicyclic) bond motifs is 1. The molecule has 0 spiro atoms. The van der Waals surface area contributed by atoms with E-state index in [1.807, 2.05) is 6.07 Å². The second-order valence-corrected chi connectivity index (χ2v) is 14.4. The van der Waals surface area contributed by atoms with Gasteiger partial charge in [-0.1, -0.05) is 19.1 Å². The van der Waals surface area contributed by atoms with E-state index in [9.17, 15) is 32.5 Å². The molecule has 1 saturated carbocycles. The molecule has 1 aliphatic heterocycles. The molecule has 2 aromatic carbocycles. The van der Waals surface area contributed by atoms with Crippen LogP contribution in [0.3, 0.4) is 0 Å². The van der Waals surface area contributed by atoms with Crippen molar-refractivity contribution >= 4 is 36.4 Å². The number of rotatable bonds is 10. The quantitative estimate of drug-likeness (QED) is 0.184. The summed E-state index contributed by atoms with van der Waals surface area (Å²) in [4.78, 5) is 32.8. The average Bonchev–Trinajstić information content (AvgIpc) is 3.30. The number of amides is 1. The van der Waals surface area contributed by atoms with Crippen molar-refractivity contribution in [2.45, 2.75) is 63.8 Å². The first-order valence-corrected chi connectivity index (χ1v) is 16.9. The Morgan fingerprint density at radius 3 is 2.49 bits per heavy atom. The molecule has 1 amide bonds. The number of aryl methyl sites for hydroxylation is 1. The van der Waals surface area contributed by atoms with Gasteiger partial charge in [-0.05, 0) is 72.9 Å². The molecular formula is C31H37F3N5O5P. The molecule has 10 nitrogen and oxygen atoms in total. The van der Waals surface area contributed by atoms with Gasteiger partial charge in [0.15, 0.2) is 0 Å². The summed E-state index contributed by atoms with van der Waals surface area (Å²) in [6, 6.07) is 8.44. The predicted molar refractivity (Wildman–Crippen MR) is 165 cm³/mol. The summed E-state index contributed by atoms with van der Waals surface area (Å²) < 4.78 is 59.6. The normalized spacial score (nSPS) is 19.6. The summed E-state index contributed by atoms with van der Waals surface area (Å²) in [5, 5.41) is 15.7. The topological polar surface area (TPSA) is 137 Å². The van der Waals surface area contributed by atoms with Crippen LogP contribution in [0.15, 0.2) is 36.5 Å². The Bertz CT molecular complexity index is 1630. The molecule has 14 heteroatoms. The zero-order valence-corrected chi connectivity index (χ0v) is 26.2. The van der Waals surface area contributed by atoms with Gasteiger partial charge in [-0.2, -0.15) is 18.2 Å². The number of hydrogen-bond acceptors (Lipinski definition) is 8. The van der Waals surface area contributed by atoms with Crippen molar-refractivity contribution in [1.29, 1.82) is 0 Å². The van der Waals surface area contributed by atoms with E-state index in [2.05, 4.69) is 20.6 Å². The highest BCUT2D eigenvalue weighted by molar-refractivity contribution is 7.57. The Kier molecular flexibility index (Phi) is 9.44. The van der Waals surface area contributed by atoms with Crippen molar-refractivity contribution in [3.63, 3.8) is 0 Å². The number of nitrogens with one attached hydrogen (secondary N) is 2. The highest BCUT2D eigenvalue weighted by Gasteiger charge is 2.37. The van der Waals surface area contributed by atoms with Gasteiger partial charge in [0.05, 0.1) is 30.2 Å². The monoisotopic (exact) mass is 647 g/mol. The number of methoxy groups -OCH3 is 1. The van der Waals surface area contributed by atoms with E-state index < -0.39 is 24.9 Å². The highest BCUT2D eigenvalue weighted by atomic mass is 31.2. The fraction of sp³-hybridized carbons (Fsp3) is 0.452. The van der Waals surface area contributed by atoms with Crippen LogP contribution in [0.2, 0.25) is 0 Å². The molecule has 1 fully saturated rings. The minimum Gasteiger partial charge on any atom is -0.495 e. The number of halogens is 3. The summed E-state index contributed by atoms with van der Waals surface area (Å²) >= 11 is 0. The Balaban J connectivity index is 1.45. The molecule has 0 saturated heterocycles. The molecular weight excluding hydrogens is 610 g/mol. The number of nitrogens with zero attached hydrogens (tertiary/aromatic N) is 3. The lowest BCUT2D eigenvalue weighted by molar-refractivity contribution is -0.137. The second kappa shape index (κ2) is 13.0. The maximum absolute atomic E-state index is 14.0. The van der Waals surface area contributed by atoms with Gasteiger partial charge >= 0.3 is 6.18 Å². The first-order valence-electron chi connectivity index (χ1n) is 14.8. The number of aliphatic hydroxyl groups excluding tert-OH is 1. The molecule has 4 N–H and O–H groups in total. The van der Waals surface area contributed by atoms with Gasteiger partial charge < -0.3 is 30.3 Å². The number of carbonyl (C=O) groups is 1. The van der Waals surface area contributed by atoms with Gasteiger partial charge in [-0.3, -0.25) is 9.36 Å². The van der Waals surface area contributed by atoms with E-state index in [4.69, 9.17) is 4.74 Å². The molecule has 1 unspecified atom stereocenters. The largest absolute Gasteiger partial charge is 0.495 e. The van der Waals surface area contributed by atoms with Crippen molar-refractivity contribution in [1.82, 2.24) is 14.9 Å². The van der Waals surface area contributed by atoms with Crippen LogP contribution in [0.1, 0.15) is 71.1 Å². The molecule has 1 atom stereocenters. The van der Waals surface area contributed by atoms with Crippen molar-refractivity contribution in [3.05, 3.63) is 64.3 Å². The summed E-state index contributed by atoms with van der Waals surface area (Å²) in [6.45, 7) is 2.04. The van der Waals surface area contributed by atoms with Gasteiger partial charge in [-0.25, -0.2) is 4.98 Å². The van der Waals surface area contributed by atoms with Crippen molar-refractivity contribution < 1.29 is 37.3 Å². The lowest BCUT2D eigenvalue weighted by atomic mass is 9.80. The highest BCUT2D eigenvalue weighted by Crippen LogP contribution is 2.43. The molecule has 2 aliphatic rings. The van der Waals surface area contributed by atoms with E-state index in [0.717, 1.165) is 24.0 Å². The molecule has 242 valence electrons. The summed E-state index contributed by atoms with van der Waals surface area (Å²) in [5.74, 6) is -0.436. The van der Waals surface area contributed by atoms with Gasteiger partial charge in [0.25, 0.3) is 5.91 Å².